The summed E-state index contributed by atoms with van der Waals surface area (Å²) in [6.45, 7) is 4.00. The van der Waals surface area contributed by atoms with Gasteiger partial charge in [-0.2, -0.15) is 13.2 Å². The van der Waals surface area contributed by atoms with Gasteiger partial charge in [-0.05, 0) is 23.4 Å². The standard InChI is InChI=1S/C13H13F3OS/c1-7(2)11-9-5-4-8(13(14,15)16)6-10(9)18-12(11)17-3/h4-7H,1-3H3. The van der Waals surface area contributed by atoms with Crippen molar-refractivity contribution in [2.24, 2.45) is 0 Å². The van der Waals surface area contributed by atoms with Gasteiger partial charge in [-0.3, -0.25) is 0 Å². The van der Waals surface area contributed by atoms with Crippen LogP contribution in [0.25, 0.3) is 10.1 Å². The molecule has 0 bridgehead atoms. The van der Waals surface area contributed by atoms with Crippen molar-refractivity contribution >= 4 is 21.4 Å². The summed E-state index contributed by atoms with van der Waals surface area (Å²) in [6.07, 6.45) is -4.30. The monoisotopic (exact) mass is 274 g/mol. The van der Waals surface area contributed by atoms with Crippen LogP contribution in [0, 0.1) is 0 Å². The SMILES string of the molecule is COc1sc2cc(C(F)(F)F)ccc2c1C(C)C. The highest BCUT2D eigenvalue weighted by atomic mass is 32.1. The Morgan fingerprint density at radius 3 is 2.39 bits per heavy atom. The number of ether oxygens (including phenoxy) is 1. The van der Waals surface area contributed by atoms with Gasteiger partial charge < -0.3 is 4.74 Å². The van der Waals surface area contributed by atoms with E-state index in [0.717, 1.165) is 17.0 Å². The highest BCUT2D eigenvalue weighted by molar-refractivity contribution is 7.21. The number of hydrogen-bond donors (Lipinski definition) is 0. The van der Waals surface area contributed by atoms with Gasteiger partial charge in [0.25, 0.3) is 0 Å². The molecule has 2 rings (SSSR count). The third-order valence-electron chi connectivity index (χ3n) is 2.78. The first kappa shape index (κ1) is 13.2. The fraction of sp³-hybridized carbons (Fsp3) is 0.385. The zero-order chi connectivity index (χ0) is 13.5. The van der Waals surface area contributed by atoms with E-state index in [2.05, 4.69) is 0 Å². The van der Waals surface area contributed by atoms with Crippen LogP contribution in [0.15, 0.2) is 18.2 Å². The molecule has 1 heterocycles. The van der Waals surface area contributed by atoms with Crippen LogP contribution >= 0.6 is 11.3 Å². The molecular formula is C13H13F3OS. The third-order valence-corrected chi connectivity index (χ3v) is 3.91. The number of hydrogen-bond acceptors (Lipinski definition) is 2. The van der Waals surface area contributed by atoms with Gasteiger partial charge >= 0.3 is 6.18 Å². The van der Waals surface area contributed by atoms with Crippen molar-refractivity contribution in [2.45, 2.75) is 25.9 Å². The second-order valence-electron chi connectivity index (χ2n) is 4.37. The van der Waals surface area contributed by atoms with Crippen LogP contribution in [0.3, 0.4) is 0 Å². The molecule has 1 aromatic carbocycles. The Balaban J connectivity index is 2.67. The Bertz CT molecular complexity index is 569. The minimum absolute atomic E-state index is 0.213. The van der Waals surface area contributed by atoms with Gasteiger partial charge in [0, 0.05) is 10.3 Å². The summed E-state index contributed by atoms with van der Waals surface area (Å²) in [7, 11) is 1.54. The average Bonchev–Trinajstić information content (AvgIpc) is 2.64. The largest absolute Gasteiger partial charge is 0.487 e. The van der Waals surface area contributed by atoms with Crippen LogP contribution in [-0.4, -0.2) is 7.11 Å². The molecule has 1 aromatic heterocycles. The molecule has 0 unspecified atom stereocenters. The summed E-state index contributed by atoms with van der Waals surface area (Å²) >= 11 is 1.26. The van der Waals surface area contributed by atoms with Crippen LogP contribution in [0.4, 0.5) is 13.2 Å². The number of rotatable bonds is 2. The van der Waals surface area contributed by atoms with Crippen molar-refractivity contribution in [3.63, 3.8) is 0 Å². The number of methoxy groups -OCH3 is 1. The minimum atomic E-state index is -4.30. The van der Waals surface area contributed by atoms with Gasteiger partial charge in [-0.15, -0.1) is 0 Å². The Labute approximate surface area is 107 Å². The van der Waals surface area contributed by atoms with Gasteiger partial charge in [-0.25, -0.2) is 0 Å². The van der Waals surface area contributed by atoms with Crippen molar-refractivity contribution < 1.29 is 17.9 Å². The van der Waals surface area contributed by atoms with E-state index in [1.165, 1.54) is 23.5 Å². The first-order valence-electron chi connectivity index (χ1n) is 5.52. The van der Waals surface area contributed by atoms with Crippen molar-refractivity contribution in [2.75, 3.05) is 7.11 Å². The van der Waals surface area contributed by atoms with Gasteiger partial charge in [0.15, 0.2) is 5.06 Å². The Morgan fingerprint density at radius 1 is 1.22 bits per heavy atom. The van der Waals surface area contributed by atoms with E-state index in [1.807, 2.05) is 13.8 Å². The number of alkyl halides is 3. The summed E-state index contributed by atoms with van der Waals surface area (Å²) in [6, 6.07) is 3.85. The zero-order valence-electron chi connectivity index (χ0n) is 10.3. The Hall–Kier alpha value is -1.23. The molecular weight excluding hydrogens is 261 g/mol. The summed E-state index contributed by atoms with van der Waals surface area (Å²) in [5.41, 5.74) is 0.362. The molecule has 98 valence electrons. The summed E-state index contributed by atoms with van der Waals surface area (Å²) in [5, 5.41) is 1.54. The molecule has 0 aliphatic carbocycles. The van der Waals surface area contributed by atoms with Gasteiger partial charge in [0.05, 0.1) is 12.7 Å². The van der Waals surface area contributed by atoms with Crippen LogP contribution in [0.5, 0.6) is 5.06 Å². The molecule has 1 nitrogen and oxygen atoms in total. The highest BCUT2D eigenvalue weighted by Gasteiger charge is 2.31. The normalized spacial score (nSPS) is 12.4. The summed E-state index contributed by atoms with van der Waals surface area (Å²) in [4.78, 5) is 0. The molecule has 0 spiro atoms. The van der Waals surface area contributed by atoms with Crippen LogP contribution < -0.4 is 4.74 Å². The molecule has 0 N–H and O–H groups in total. The van der Waals surface area contributed by atoms with E-state index in [4.69, 9.17) is 4.74 Å². The average molecular weight is 274 g/mol. The number of fused-ring (bicyclic) bond motifs is 1. The molecule has 0 aliphatic heterocycles. The number of thiophene rings is 1. The Kier molecular flexibility index (Phi) is 3.27. The summed E-state index contributed by atoms with van der Waals surface area (Å²) < 4.78 is 43.8. The second kappa shape index (κ2) is 4.46. The summed E-state index contributed by atoms with van der Waals surface area (Å²) in [5.74, 6) is 0.213. The van der Waals surface area contributed by atoms with E-state index in [1.54, 1.807) is 7.11 Å². The number of halogens is 3. The van der Waals surface area contributed by atoms with Crippen molar-refractivity contribution in [1.82, 2.24) is 0 Å². The predicted octanol–water partition coefficient (Wildman–Crippen LogP) is 5.05. The third kappa shape index (κ3) is 2.19. The maximum Gasteiger partial charge on any atom is 0.416 e. The maximum absolute atomic E-state index is 12.6. The maximum atomic E-state index is 12.6. The van der Waals surface area contributed by atoms with Crippen molar-refractivity contribution in [1.29, 1.82) is 0 Å². The fourth-order valence-electron chi connectivity index (χ4n) is 1.97. The van der Waals surface area contributed by atoms with Gasteiger partial charge in [0.2, 0.25) is 0 Å². The molecule has 0 amide bonds. The molecule has 2 aromatic rings. The van der Waals surface area contributed by atoms with Crippen molar-refractivity contribution in [3.05, 3.63) is 29.3 Å². The van der Waals surface area contributed by atoms with E-state index >= 15 is 0 Å². The first-order chi connectivity index (χ1) is 8.34. The molecule has 0 saturated carbocycles. The Morgan fingerprint density at radius 2 is 1.89 bits per heavy atom. The molecule has 0 fully saturated rings. The van der Waals surface area contributed by atoms with E-state index in [9.17, 15) is 13.2 Å². The lowest BCUT2D eigenvalue weighted by Crippen LogP contribution is -2.03. The molecule has 18 heavy (non-hydrogen) atoms. The smallest absolute Gasteiger partial charge is 0.416 e. The lowest BCUT2D eigenvalue weighted by molar-refractivity contribution is -0.137. The van der Waals surface area contributed by atoms with E-state index in [0.29, 0.717) is 9.76 Å². The van der Waals surface area contributed by atoms with Gasteiger partial charge in [-0.1, -0.05) is 31.3 Å². The molecule has 0 aliphatic rings. The first-order valence-corrected chi connectivity index (χ1v) is 6.34. The topological polar surface area (TPSA) is 9.23 Å². The van der Waals surface area contributed by atoms with Crippen LogP contribution in [-0.2, 0) is 6.18 Å². The van der Waals surface area contributed by atoms with Gasteiger partial charge in [0.1, 0.15) is 0 Å². The lowest BCUT2D eigenvalue weighted by Gasteiger charge is -2.08. The molecule has 5 heteroatoms. The van der Waals surface area contributed by atoms with E-state index < -0.39 is 11.7 Å². The fourth-order valence-corrected chi connectivity index (χ4v) is 3.18. The molecule has 0 radical (unpaired) electrons. The predicted molar refractivity (Wildman–Crippen MR) is 67.5 cm³/mol. The van der Waals surface area contributed by atoms with E-state index in [-0.39, 0.29) is 5.92 Å². The van der Waals surface area contributed by atoms with Crippen LogP contribution in [0.2, 0.25) is 0 Å². The molecule has 0 atom stereocenters. The van der Waals surface area contributed by atoms with Crippen LogP contribution in [0.1, 0.15) is 30.9 Å². The second-order valence-corrected chi connectivity index (χ2v) is 5.39. The quantitative estimate of drug-likeness (QED) is 0.744. The number of benzene rings is 1. The lowest BCUT2D eigenvalue weighted by atomic mass is 10.0. The zero-order valence-corrected chi connectivity index (χ0v) is 11.1. The highest BCUT2D eigenvalue weighted by Crippen LogP contribution is 2.43. The minimum Gasteiger partial charge on any atom is -0.487 e. The van der Waals surface area contributed by atoms with Crippen molar-refractivity contribution in [3.8, 4) is 5.06 Å². The molecule has 0 saturated heterocycles.